The van der Waals surface area contributed by atoms with Crippen molar-refractivity contribution in [1.29, 1.82) is 5.26 Å². The van der Waals surface area contributed by atoms with Crippen molar-refractivity contribution >= 4 is 5.91 Å². The number of benzene rings is 1. The van der Waals surface area contributed by atoms with Gasteiger partial charge in [0.1, 0.15) is 0 Å². The molecule has 1 N–H and O–H groups in total. The van der Waals surface area contributed by atoms with Gasteiger partial charge in [-0.1, -0.05) is 18.6 Å². The average Bonchev–Trinajstić information content (AvgIpc) is 2.66. The predicted molar refractivity (Wildman–Crippen MR) is 63.2 cm³/mol. The molecule has 1 aromatic carbocycles. The highest BCUT2D eigenvalue weighted by atomic mass is 16.2. The van der Waals surface area contributed by atoms with Gasteiger partial charge < -0.3 is 5.32 Å². The lowest BCUT2D eigenvalue weighted by atomic mass is 9.61. The molecular formula is C14H14N2O. The fraction of sp³-hybridized carbons (Fsp3) is 0.429. The van der Waals surface area contributed by atoms with Gasteiger partial charge in [0.2, 0.25) is 5.91 Å². The zero-order valence-corrected chi connectivity index (χ0v) is 9.57. The number of nitrogens with one attached hydrogen (secondary N) is 1. The van der Waals surface area contributed by atoms with Crippen molar-refractivity contribution in [3.8, 4) is 6.07 Å². The van der Waals surface area contributed by atoms with Crippen LogP contribution in [0.2, 0.25) is 0 Å². The van der Waals surface area contributed by atoms with E-state index < -0.39 is 0 Å². The van der Waals surface area contributed by atoms with Crippen molar-refractivity contribution in [3.63, 3.8) is 0 Å². The molecule has 2 fully saturated rings. The maximum atomic E-state index is 11.9. The summed E-state index contributed by atoms with van der Waals surface area (Å²) in [4.78, 5) is 11.9. The normalized spacial score (nSPS) is 25.1. The Labute approximate surface area is 100 Å². The lowest BCUT2D eigenvalue weighted by molar-refractivity contribution is -0.132. The minimum absolute atomic E-state index is 0.145. The molecule has 1 aliphatic carbocycles. The van der Waals surface area contributed by atoms with Crippen LogP contribution in [0, 0.1) is 16.7 Å². The molecular weight excluding hydrogens is 212 g/mol. The first-order valence-electron chi connectivity index (χ1n) is 6.05. The molecule has 1 spiro atoms. The van der Waals surface area contributed by atoms with E-state index in [9.17, 15) is 4.79 Å². The van der Waals surface area contributed by atoms with E-state index in [2.05, 4.69) is 11.4 Å². The third-order valence-corrected chi connectivity index (χ3v) is 4.27. The average molecular weight is 226 g/mol. The molecule has 0 aromatic heterocycles. The van der Waals surface area contributed by atoms with E-state index in [1.54, 1.807) is 0 Å². The first-order chi connectivity index (χ1) is 8.26. The van der Waals surface area contributed by atoms with E-state index in [1.807, 2.05) is 24.3 Å². The quantitative estimate of drug-likeness (QED) is 0.795. The number of hydrogen-bond acceptors (Lipinski definition) is 2. The van der Waals surface area contributed by atoms with Gasteiger partial charge in [-0.2, -0.15) is 5.26 Å². The number of amides is 1. The number of carbonyl (C=O) groups excluding carboxylic acids is 1. The zero-order chi connectivity index (χ0) is 11.9. The van der Waals surface area contributed by atoms with Crippen LogP contribution in [0.4, 0.5) is 0 Å². The fourth-order valence-electron chi connectivity index (χ4n) is 3.08. The summed E-state index contributed by atoms with van der Waals surface area (Å²) < 4.78 is 0. The molecule has 1 heterocycles. The first kappa shape index (κ1) is 10.3. The summed E-state index contributed by atoms with van der Waals surface area (Å²) in [5.74, 6) is 0.509. The Kier molecular flexibility index (Phi) is 2.19. The summed E-state index contributed by atoms with van der Waals surface area (Å²) in [5, 5.41) is 11.8. The number of hydrogen-bond donors (Lipinski definition) is 1. The van der Waals surface area contributed by atoms with Gasteiger partial charge in [0.25, 0.3) is 0 Å². The molecule has 1 saturated heterocycles. The smallest absolute Gasteiger partial charge is 0.226 e. The van der Waals surface area contributed by atoms with E-state index in [-0.39, 0.29) is 17.2 Å². The molecule has 3 heteroatoms. The highest BCUT2D eigenvalue weighted by Crippen LogP contribution is 2.53. The third kappa shape index (κ3) is 1.37. The first-order valence-corrected chi connectivity index (χ1v) is 6.05. The maximum absolute atomic E-state index is 11.9. The number of nitriles is 1. The SMILES string of the molecule is N#Cc1ccc([C@H]2CNC(=O)C23CCC3)cc1. The van der Waals surface area contributed by atoms with Crippen LogP contribution >= 0.6 is 0 Å². The second-order valence-corrected chi connectivity index (χ2v) is 5.01. The summed E-state index contributed by atoms with van der Waals surface area (Å²) in [5.41, 5.74) is 1.71. The molecule has 1 atom stereocenters. The van der Waals surface area contributed by atoms with E-state index in [1.165, 1.54) is 5.56 Å². The van der Waals surface area contributed by atoms with Gasteiger partial charge in [0, 0.05) is 12.5 Å². The van der Waals surface area contributed by atoms with Crippen molar-refractivity contribution in [2.24, 2.45) is 5.41 Å². The molecule has 1 aliphatic heterocycles. The molecule has 1 amide bonds. The van der Waals surface area contributed by atoms with Gasteiger partial charge in [0.05, 0.1) is 17.0 Å². The van der Waals surface area contributed by atoms with E-state index in [4.69, 9.17) is 5.26 Å². The van der Waals surface area contributed by atoms with Gasteiger partial charge in [-0.3, -0.25) is 4.79 Å². The van der Waals surface area contributed by atoms with Crippen LogP contribution in [0.5, 0.6) is 0 Å². The maximum Gasteiger partial charge on any atom is 0.226 e. The molecule has 0 bridgehead atoms. The topological polar surface area (TPSA) is 52.9 Å². The van der Waals surface area contributed by atoms with E-state index in [0.717, 1.165) is 25.8 Å². The molecule has 1 aromatic rings. The van der Waals surface area contributed by atoms with Crippen LogP contribution in [-0.2, 0) is 4.79 Å². The molecule has 86 valence electrons. The van der Waals surface area contributed by atoms with Crippen molar-refractivity contribution in [1.82, 2.24) is 5.32 Å². The van der Waals surface area contributed by atoms with Gasteiger partial charge >= 0.3 is 0 Å². The second-order valence-electron chi connectivity index (χ2n) is 5.01. The Morgan fingerprint density at radius 1 is 1.29 bits per heavy atom. The fourth-order valence-corrected chi connectivity index (χ4v) is 3.08. The molecule has 0 unspecified atom stereocenters. The van der Waals surface area contributed by atoms with Crippen LogP contribution in [0.15, 0.2) is 24.3 Å². The second kappa shape index (κ2) is 3.59. The van der Waals surface area contributed by atoms with Crippen LogP contribution < -0.4 is 5.32 Å². The highest BCUT2D eigenvalue weighted by Gasteiger charge is 2.54. The third-order valence-electron chi connectivity index (χ3n) is 4.27. The largest absolute Gasteiger partial charge is 0.355 e. The van der Waals surface area contributed by atoms with Gasteiger partial charge in [-0.15, -0.1) is 0 Å². The molecule has 1 saturated carbocycles. The summed E-state index contributed by atoms with van der Waals surface area (Å²) >= 11 is 0. The highest BCUT2D eigenvalue weighted by molar-refractivity contribution is 5.87. The molecule has 3 nitrogen and oxygen atoms in total. The Morgan fingerprint density at radius 3 is 2.53 bits per heavy atom. The molecule has 3 rings (SSSR count). The number of nitrogens with zero attached hydrogens (tertiary/aromatic N) is 1. The van der Waals surface area contributed by atoms with Crippen molar-refractivity contribution in [3.05, 3.63) is 35.4 Å². The summed E-state index contributed by atoms with van der Waals surface area (Å²) in [6.07, 6.45) is 3.16. The zero-order valence-electron chi connectivity index (χ0n) is 9.57. The summed E-state index contributed by atoms with van der Waals surface area (Å²) in [6, 6.07) is 9.77. The van der Waals surface area contributed by atoms with Crippen LogP contribution in [-0.4, -0.2) is 12.5 Å². The van der Waals surface area contributed by atoms with Crippen LogP contribution in [0.3, 0.4) is 0 Å². The predicted octanol–water partition coefficient (Wildman–Crippen LogP) is 1.94. The summed E-state index contributed by atoms with van der Waals surface area (Å²) in [7, 11) is 0. The Bertz CT molecular complexity index is 494. The van der Waals surface area contributed by atoms with E-state index >= 15 is 0 Å². The van der Waals surface area contributed by atoms with Crippen LogP contribution in [0.1, 0.15) is 36.3 Å². The minimum atomic E-state index is -0.145. The monoisotopic (exact) mass is 226 g/mol. The van der Waals surface area contributed by atoms with Crippen molar-refractivity contribution < 1.29 is 4.79 Å². The molecule has 0 radical (unpaired) electrons. The van der Waals surface area contributed by atoms with Crippen molar-refractivity contribution in [2.45, 2.75) is 25.2 Å². The van der Waals surface area contributed by atoms with Gasteiger partial charge in [-0.05, 0) is 30.5 Å². The lowest BCUT2D eigenvalue weighted by Gasteiger charge is -2.40. The van der Waals surface area contributed by atoms with Gasteiger partial charge in [0.15, 0.2) is 0 Å². The molecule has 17 heavy (non-hydrogen) atoms. The Hall–Kier alpha value is -1.82. The Morgan fingerprint density at radius 2 is 2.00 bits per heavy atom. The Balaban J connectivity index is 1.93. The standard InChI is InChI=1S/C14H14N2O/c15-8-10-2-4-11(5-3-10)12-9-16-13(17)14(12)6-1-7-14/h2-5,12H,1,6-7,9H2,(H,16,17)/t12-/m1/s1. The molecule has 2 aliphatic rings. The number of carbonyl (C=O) groups is 1. The van der Waals surface area contributed by atoms with Crippen LogP contribution in [0.25, 0.3) is 0 Å². The lowest BCUT2D eigenvalue weighted by Crippen LogP contribution is -2.40. The van der Waals surface area contributed by atoms with Crippen molar-refractivity contribution in [2.75, 3.05) is 6.54 Å². The van der Waals surface area contributed by atoms with E-state index in [0.29, 0.717) is 5.56 Å². The van der Waals surface area contributed by atoms with Gasteiger partial charge in [-0.25, -0.2) is 0 Å². The number of rotatable bonds is 1. The summed E-state index contributed by atoms with van der Waals surface area (Å²) in [6.45, 7) is 0.741. The minimum Gasteiger partial charge on any atom is -0.355 e.